The molecule has 100 valence electrons. The van der Waals surface area contributed by atoms with E-state index in [4.69, 9.17) is 4.74 Å². The molecule has 0 spiro atoms. The number of ether oxygens (including phenoxy) is 1. The first-order chi connectivity index (χ1) is 9.19. The second kappa shape index (κ2) is 6.29. The summed E-state index contributed by atoms with van der Waals surface area (Å²) in [6, 6.07) is 6.40. The van der Waals surface area contributed by atoms with E-state index >= 15 is 0 Å². The van der Waals surface area contributed by atoms with Gasteiger partial charge in [0.15, 0.2) is 0 Å². The molecular formula is C15H17FN2O. The minimum Gasteiger partial charge on any atom is -0.455 e. The first kappa shape index (κ1) is 13.5. The van der Waals surface area contributed by atoms with Gasteiger partial charge in [-0.25, -0.2) is 4.39 Å². The summed E-state index contributed by atoms with van der Waals surface area (Å²) in [4.78, 5) is 4.13. The van der Waals surface area contributed by atoms with Gasteiger partial charge in [-0.1, -0.05) is 13.0 Å². The molecule has 0 aliphatic heterocycles. The highest BCUT2D eigenvalue weighted by Gasteiger charge is 2.04. The first-order valence-corrected chi connectivity index (χ1v) is 6.27. The van der Waals surface area contributed by atoms with Gasteiger partial charge in [-0.2, -0.15) is 0 Å². The van der Waals surface area contributed by atoms with Crippen LogP contribution in [0.25, 0.3) is 0 Å². The molecule has 1 heterocycles. The van der Waals surface area contributed by atoms with Crippen LogP contribution in [-0.4, -0.2) is 11.5 Å². The second-order valence-corrected chi connectivity index (χ2v) is 4.32. The smallest absolute Gasteiger partial charge is 0.146 e. The predicted octanol–water partition coefficient (Wildman–Crippen LogP) is 3.43. The Balaban J connectivity index is 2.16. The summed E-state index contributed by atoms with van der Waals surface area (Å²) in [5.41, 5.74) is 1.92. The number of hydrogen-bond acceptors (Lipinski definition) is 3. The van der Waals surface area contributed by atoms with Crippen molar-refractivity contribution in [3.8, 4) is 11.5 Å². The summed E-state index contributed by atoms with van der Waals surface area (Å²) < 4.78 is 18.9. The number of benzene rings is 1. The molecule has 1 N–H and O–H groups in total. The van der Waals surface area contributed by atoms with Gasteiger partial charge in [0.05, 0.1) is 6.20 Å². The Morgan fingerprint density at radius 1 is 1.26 bits per heavy atom. The Morgan fingerprint density at radius 3 is 2.89 bits per heavy atom. The molecular weight excluding hydrogens is 243 g/mol. The fraction of sp³-hybridized carbons (Fsp3) is 0.267. The van der Waals surface area contributed by atoms with Crippen LogP contribution in [0.15, 0.2) is 36.7 Å². The molecule has 4 heteroatoms. The SMILES string of the molecule is CCNCc1cncc(Oc2cc(F)ccc2C)c1. The Labute approximate surface area is 112 Å². The minimum atomic E-state index is -0.308. The summed E-state index contributed by atoms with van der Waals surface area (Å²) in [7, 11) is 0. The van der Waals surface area contributed by atoms with Crippen LogP contribution in [0.1, 0.15) is 18.1 Å². The highest BCUT2D eigenvalue weighted by molar-refractivity contribution is 5.37. The van der Waals surface area contributed by atoms with Crippen molar-refractivity contribution in [3.63, 3.8) is 0 Å². The molecule has 0 radical (unpaired) electrons. The van der Waals surface area contributed by atoms with Crippen molar-refractivity contribution in [1.82, 2.24) is 10.3 Å². The molecule has 0 aliphatic carbocycles. The van der Waals surface area contributed by atoms with E-state index in [1.807, 2.05) is 19.9 Å². The van der Waals surface area contributed by atoms with E-state index in [-0.39, 0.29) is 5.82 Å². The topological polar surface area (TPSA) is 34.2 Å². The highest BCUT2D eigenvalue weighted by atomic mass is 19.1. The third-order valence-corrected chi connectivity index (χ3v) is 2.73. The lowest BCUT2D eigenvalue weighted by atomic mass is 10.2. The van der Waals surface area contributed by atoms with Crippen molar-refractivity contribution in [2.45, 2.75) is 20.4 Å². The average molecular weight is 260 g/mol. The third kappa shape index (κ3) is 3.76. The maximum absolute atomic E-state index is 13.2. The molecule has 19 heavy (non-hydrogen) atoms. The van der Waals surface area contributed by atoms with E-state index < -0.39 is 0 Å². The van der Waals surface area contributed by atoms with Crippen molar-refractivity contribution in [2.75, 3.05) is 6.54 Å². The molecule has 0 saturated carbocycles. The number of rotatable bonds is 5. The maximum atomic E-state index is 13.2. The fourth-order valence-corrected chi connectivity index (χ4v) is 1.70. The van der Waals surface area contributed by atoms with Gasteiger partial charge in [0, 0.05) is 18.8 Å². The quantitative estimate of drug-likeness (QED) is 0.894. The molecule has 1 aromatic carbocycles. The first-order valence-electron chi connectivity index (χ1n) is 6.27. The van der Waals surface area contributed by atoms with Crippen molar-refractivity contribution < 1.29 is 9.13 Å². The molecule has 0 unspecified atom stereocenters. The Morgan fingerprint density at radius 2 is 2.11 bits per heavy atom. The van der Waals surface area contributed by atoms with Crippen LogP contribution in [-0.2, 0) is 6.54 Å². The van der Waals surface area contributed by atoms with Crippen LogP contribution in [0.2, 0.25) is 0 Å². The molecule has 0 atom stereocenters. The standard InChI is InChI=1S/C15H17FN2O/c1-3-17-8-12-6-14(10-18-9-12)19-15-7-13(16)5-4-11(15)2/h4-7,9-10,17H,3,8H2,1-2H3. The number of halogens is 1. The van der Waals surface area contributed by atoms with Gasteiger partial charge in [-0.3, -0.25) is 4.98 Å². The average Bonchev–Trinajstić information content (AvgIpc) is 2.41. The summed E-state index contributed by atoms with van der Waals surface area (Å²) in [6.07, 6.45) is 3.41. The van der Waals surface area contributed by atoms with Gasteiger partial charge in [0.1, 0.15) is 17.3 Å². The normalized spacial score (nSPS) is 10.5. The second-order valence-electron chi connectivity index (χ2n) is 4.32. The van der Waals surface area contributed by atoms with Crippen LogP contribution in [0.4, 0.5) is 4.39 Å². The Hall–Kier alpha value is -1.94. The minimum absolute atomic E-state index is 0.308. The van der Waals surface area contributed by atoms with E-state index in [0.717, 1.165) is 24.2 Å². The molecule has 0 aliphatic rings. The molecule has 0 fully saturated rings. The lowest BCUT2D eigenvalue weighted by molar-refractivity contribution is 0.469. The molecule has 2 aromatic rings. The summed E-state index contributed by atoms with van der Waals surface area (Å²) >= 11 is 0. The van der Waals surface area contributed by atoms with Crippen molar-refractivity contribution in [3.05, 3.63) is 53.6 Å². The monoisotopic (exact) mass is 260 g/mol. The van der Waals surface area contributed by atoms with Crippen molar-refractivity contribution >= 4 is 0 Å². The summed E-state index contributed by atoms with van der Waals surface area (Å²) in [6.45, 7) is 5.56. The van der Waals surface area contributed by atoms with E-state index in [0.29, 0.717) is 11.5 Å². The zero-order valence-electron chi connectivity index (χ0n) is 11.1. The van der Waals surface area contributed by atoms with E-state index in [1.165, 1.54) is 12.1 Å². The van der Waals surface area contributed by atoms with Crippen molar-refractivity contribution in [2.24, 2.45) is 0 Å². The van der Waals surface area contributed by atoms with Gasteiger partial charge in [-0.05, 0) is 36.7 Å². The number of nitrogens with zero attached hydrogens (tertiary/aromatic N) is 1. The van der Waals surface area contributed by atoms with E-state index in [1.54, 1.807) is 18.5 Å². The maximum Gasteiger partial charge on any atom is 0.146 e. The molecule has 0 amide bonds. The van der Waals surface area contributed by atoms with Gasteiger partial charge in [0.2, 0.25) is 0 Å². The molecule has 1 aromatic heterocycles. The van der Waals surface area contributed by atoms with Crippen molar-refractivity contribution in [1.29, 1.82) is 0 Å². The zero-order chi connectivity index (χ0) is 13.7. The van der Waals surface area contributed by atoms with E-state index in [2.05, 4.69) is 10.3 Å². The zero-order valence-corrected chi connectivity index (χ0v) is 11.1. The van der Waals surface area contributed by atoms with Crippen LogP contribution >= 0.6 is 0 Å². The van der Waals surface area contributed by atoms with Gasteiger partial charge in [0.25, 0.3) is 0 Å². The number of pyridine rings is 1. The Bertz CT molecular complexity index is 558. The van der Waals surface area contributed by atoms with Crippen LogP contribution < -0.4 is 10.1 Å². The number of aryl methyl sites for hydroxylation is 1. The Kier molecular flexibility index (Phi) is 4.47. The lowest BCUT2D eigenvalue weighted by Crippen LogP contribution is -2.11. The number of nitrogens with one attached hydrogen (secondary N) is 1. The fourth-order valence-electron chi connectivity index (χ4n) is 1.70. The molecule has 0 saturated heterocycles. The predicted molar refractivity (Wildman–Crippen MR) is 72.8 cm³/mol. The highest BCUT2D eigenvalue weighted by Crippen LogP contribution is 2.25. The number of aromatic nitrogens is 1. The molecule has 2 rings (SSSR count). The van der Waals surface area contributed by atoms with Gasteiger partial charge in [-0.15, -0.1) is 0 Å². The lowest BCUT2D eigenvalue weighted by Gasteiger charge is -2.09. The van der Waals surface area contributed by atoms with Gasteiger partial charge < -0.3 is 10.1 Å². The van der Waals surface area contributed by atoms with Crippen LogP contribution in [0.5, 0.6) is 11.5 Å². The summed E-state index contributed by atoms with van der Waals surface area (Å²) in [5.74, 6) is 0.823. The largest absolute Gasteiger partial charge is 0.455 e. The molecule has 3 nitrogen and oxygen atoms in total. The van der Waals surface area contributed by atoms with Crippen LogP contribution in [0, 0.1) is 12.7 Å². The van der Waals surface area contributed by atoms with Crippen LogP contribution in [0.3, 0.4) is 0 Å². The third-order valence-electron chi connectivity index (χ3n) is 2.73. The molecule has 0 bridgehead atoms. The van der Waals surface area contributed by atoms with Gasteiger partial charge >= 0.3 is 0 Å². The van der Waals surface area contributed by atoms with E-state index in [9.17, 15) is 4.39 Å². The number of hydrogen-bond donors (Lipinski definition) is 1. The summed E-state index contributed by atoms with van der Waals surface area (Å²) in [5, 5.41) is 3.22.